The van der Waals surface area contributed by atoms with Crippen molar-refractivity contribution < 1.29 is 14.3 Å². The number of nitrogens with zero attached hydrogens (tertiary/aromatic N) is 1. The molecular formula is C21H31N3O3. The molecule has 1 saturated carbocycles. The molecule has 0 radical (unpaired) electrons. The zero-order valence-corrected chi connectivity index (χ0v) is 16.2. The van der Waals surface area contributed by atoms with Gasteiger partial charge < -0.3 is 15.4 Å². The van der Waals surface area contributed by atoms with E-state index in [9.17, 15) is 9.59 Å². The number of carbonyl (C=O) groups excluding carboxylic acids is 2. The number of benzene rings is 1. The van der Waals surface area contributed by atoms with Crippen molar-refractivity contribution in [3.8, 4) is 0 Å². The first-order valence-corrected chi connectivity index (χ1v) is 10.1. The normalized spacial score (nSPS) is 21.2. The monoisotopic (exact) mass is 373 g/mol. The molecule has 1 aliphatic heterocycles. The van der Waals surface area contributed by atoms with Crippen molar-refractivity contribution in [3.05, 3.63) is 35.9 Å². The first-order valence-electron chi connectivity index (χ1n) is 10.1. The van der Waals surface area contributed by atoms with Gasteiger partial charge >= 0.3 is 0 Å². The van der Waals surface area contributed by atoms with Crippen LogP contribution in [0, 0.1) is 0 Å². The average molecular weight is 373 g/mol. The molecule has 0 bridgehead atoms. The average Bonchev–Trinajstić information content (AvgIpc) is 2.74. The van der Waals surface area contributed by atoms with Gasteiger partial charge in [0.05, 0.1) is 13.2 Å². The van der Waals surface area contributed by atoms with Gasteiger partial charge in [0.1, 0.15) is 6.04 Å². The number of ether oxygens (including phenoxy) is 1. The van der Waals surface area contributed by atoms with Gasteiger partial charge in [0.25, 0.3) is 5.91 Å². The van der Waals surface area contributed by atoms with Gasteiger partial charge in [-0.3, -0.25) is 14.5 Å². The van der Waals surface area contributed by atoms with Crippen molar-refractivity contribution in [1.29, 1.82) is 0 Å². The summed E-state index contributed by atoms with van der Waals surface area (Å²) in [6.45, 7) is 5.75. The summed E-state index contributed by atoms with van der Waals surface area (Å²) in [6, 6.07) is 8.42. The number of nitrogens with one attached hydrogen (secondary N) is 2. The van der Waals surface area contributed by atoms with Crippen LogP contribution in [0.15, 0.2) is 30.3 Å². The van der Waals surface area contributed by atoms with Gasteiger partial charge in [0, 0.05) is 30.7 Å². The largest absolute Gasteiger partial charge is 0.379 e. The Morgan fingerprint density at radius 1 is 1.11 bits per heavy atom. The molecule has 1 aliphatic carbocycles. The molecular weight excluding hydrogens is 342 g/mol. The summed E-state index contributed by atoms with van der Waals surface area (Å²) in [5.74, 6) is -0.351. The summed E-state index contributed by atoms with van der Waals surface area (Å²) >= 11 is 0. The summed E-state index contributed by atoms with van der Waals surface area (Å²) in [6.07, 6.45) is 5.89. The molecule has 1 aromatic rings. The van der Waals surface area contributed by atoms with E-state index in [1.54, 1.807) is 19.1 Å². The third-order valence-corrected chi connectivity index (χ3v) is 5.83. The van der Waals surface area contributed by atoms with Crippen LogP contribution in [0.1, 0.15) is 49.4 Å². The first-order chi connectivity index (χ1) is 13.1. The van der Waals surface area contributed by atoms with E-state index in [1.807, 2.05) is 18.2 Å². The van der Waals surface area contributed by atoms with Crippen molar-refractivity contribution in [2.75, 3.05) is 32.8 Å². The number of carbonyl (C=O) groups is 2. The maximum atomic E-state index is 12.6. The molecule has 2 amide bonds. The highest BCUT2D eigenvalue weighted by atomic mass is 16.5. The molecule has 3 rings (SSSR count). The van der Waals surface area contributed by atoms with Crippen molar-refractivity contribution in [1.82, 2.24) is 15.5 Å². The molecule has 1 aromatic carbocycles. The van der Waals surface area contributed by atoms with Gasteiger partial charge in [-0.15, -0.1) is 0 Å². The van der Waals surface area contributed by atoms with Crippen LogP contribution < -0.4 is 10.6 Å². The van der Waals surface area contributed by atoms with E-state index in [0.717, 1.165) is 39.1 Å². The summed E-state index contributed by atoms with van der Waals surface area (Å²) in [5, 5.41) is 5.90. The smallest absolute Gasteiger partial charge is 0.251 e. The quantitative estimate of drug-likeness (QED) is 0.800. The lowest BCUT2D eigenvalue weighted by Gasteiger charge is -2.48. The second kappa shape index (κ2) is 9.33. The number of hydrogen-bond acceptors (Lipinski definition) is 4. The molecule has 6 nitrogen and oxygen atoms in total. The lowest BCUT2D eigenvalue weighted by atomic mass is 9.79. The van der Waals surface area contributed by atoms with Crippen LogP contribution in [0.3, 0.4) is 0 Å². The van der Waals surface area contributed by atoms with Gasteiger partial charge in [0.15, 0.2) is 0 Å². The van der Waals surface area contributed by atoms with Gasteiger partial charge in [-0.1, -0.05) is 37.5 Å². The third kappa shape index (κ3) is 5.08. The highest BCUT2D eigenvalue weighted by Gasteiger charge is 2.39. The minimum absolute atomic E-state index is 0.0286. The number of rotatable bonds is 6. The van der Waals surface area contributed by atoms with Gasteiger partial charge in [0.2, 0.25) is 5.91 Å². The van der Waals surface area contributed by atoms with Crippen LogP contribution in [-0.4, -0.2) is 61.1 Å². The highest BCUT2D eigenvalue weighted by molar-refractivity contribution is 5.97. The van der Waals surface area contributed by atoms with Crippen molar-refractivity contribution in [3.63, 3.8) is 0 Å². The summed E-state index contributed by atoms with van der Waals surface area (Å²) in [5.41, 5.74) is 0.593. The molecule has 6 heteroatoms. The molecule has 148 valence electrons. The molecule has 1 saturated heterocycles. The van der Waals surface area contributed by atoms with Crippen LogP contribution in [0.4, 0.5) is 0 Å². The number of morpholine rings is 1. The molecule has 2 fully saturated rings. The van der Waals surface area contributed by atoms with E-state index in [2.05, 4.69) is 15.5 Å². The predicted molar refractivity (Wildman–Crippen MR) is 105 cm³/mol. The van der Waals surface area contributed by atoms with Crippen LogP contribution in [0.25, 0.3) is 0 Å². The zero-order chi connectivity index (χ0) is 19.1. The molecule has 2 aliphatic rings. The Balaban J connectivity index is 1.56. The summed E-state index contributed by atoms with van der Waals surface area (Å²) in [7, 11) is 0. The van der Waals surface area contributed by atoms with E-state index in [4.69, 9.17) is 4.74 Å². The fourth-order valence-corrected chi connectivity index (χ4v) is 4.19. The summed E-state index contributed by atoms with van der Waals surface area (Å²) in [4.78, 5) is 27.4. The van der Waals surface area contributed by atoms with E-state index >= 15 is 0 Å². The fourth-order valence-electron chi connectivity index (χ4n) is 4.19. The molecule has 1 heterocycles. The Morgan fingerprint density at radius 2 is 1.78 bits per heavy atom. The molecule has 1 unspecified atom stereocenters. The maximum absolute atomic E-state index is 12.6. The molecule has 1 atom stereocenters. The second-order valence-electron chi connectivity index (χ2n) is 7.66. The van der Waals surface area contributed by atoms with E-state index < -0.39 is 6.04 Å². The van der Waals surface area contributed by atoms with E-state index in [0.29, 0.717) is 12.1 Å². The van der Waals surface area contributed by atoms with Crippen LogP contribution in [0.2, 0.25) is 0 Å². The Bertz CT molecular complexity index is 623. The Labute approximate surface area is 161 Å². The lowest BCUT2D eigenvalue weighted by Crippen LogP contribution is -2.60. The molecule has 0 aromatic heterocycles. The van der Waals surface area contributed by atoms with E-state index in [1.165, 1.54) is 19.3 Å². The molecule has 27 heavy (non-hydrogen) atoms. The zero-order valence-electron chi connectivity index (χ0n) is 16.2. The minimum atomic E-state index is -0.567. The van der Waals surface area contributed by atoms with Crippen molar-refractivity contribution in [2.45, 2.75) is 50.6 Å². The van der Waals surface area contributed by atoms with Gasteiger partial charge in [-0.2, -0.15) is 0 Å². The van der Waals surface area contributed by atoms with Crippen LogP contribution in [-0.2, 0) is 9.53 Å². The Kier molecular flexibility index (Phi) is 6.85. The highest BCUT2D eigenvalue weighted by Crippen LogP contribution is 2.33. The first kappa shape index (κ1) is 19.8. The van der Waals surface area contributed by atoms with Crippen molar-refractivity contribution in [2.24, 2.45) is 0 Å². The topological polar surface area (TPSA) is 70.7 Å². The molecule has 0 spiro atoms. The maximum Gasteiger partial charge on any atom is 0.251 e. The SMILES string of the molecule is CC(NC(=O)c1ccccc1)C(=O)NCC1(N2CCOCC2)CCCCC1. The fraction of sp³-hybridized carbons (Fsp3) is 0.619. The third-order valence-electron chi connectivity index (χ3n) is 5.83. The van der Waals surface area contributed by atoms with Gasteiger partial charge in [-0.25, -0.2) is 0 Å². The lowest BCUT2D eigenvalue weighted by molar-refractivity contribution is -0.123. The second-order valence-corrected chi connectivity index (χ2v) is 7.66. The van der Waals surface area contributed by atoms with Gasteiger partial charge in [-0.05, 0) is 31.9 Å². The Hall–Kier alpha value is -1.92. The number of amides is 2. The van der Waals surface area contributed by atoms with Crippen LogP contribution >= 0.6 is 0 Å². The predicted octanol–water partition coefficient (Wildman–Crippen LogP) is 1.96. The standard InChI is InChI=1S/C21H31N3O3/c1-17(23-20(26)18-8-4-2-5-9-18)19(25)22-16-21(10-6-3-7-11-21)24-12-14-27-15-13-24/h2,4-5,8-9,17H,3,6-7,10-16H2,1H3,(H,22,25)(H,23,26). The minimum Gasteiger partial charge on any atom is -0.379 e. The van der Waals surface area contributed by atoms with Crippen LogP contribution in [0.5, 0.6) is 0 Å². The number of hydrogen-bond donors (Lipinski definition) is 2. The van der Waals surface area contributed by atoms with E-state index in [-0.39, 0.29) is 17.4 Å². The Morgan fingerprint density at radius 3 is 2.44 bits per heavy atom. The summed E-state index contributed by atoms with van der Waals surface area (Å²) < 4.78 is 5.51. The van der Waals surface area contributed by atoms with Crippen molar-refractivity contribution >= 4 is 11.8 Å². The molecule has 2 N–H and O–H groups in total.